The Bertz CT molecular complexity index is 1640. The van der Waals surface area contributed by atoms with Gasteiger partial charge in [-0.25, -0.2) is 4.39 Å². The first kappa shape index (κ1) is 24.4. The van der Waals surface area contributed by atoms with Gasteiger partial charge in [-0.3, -0.25) is 10.1 Å². The molecule has 0 aliphatic rings. The monoisotopic (exact) mass is 525 g/mol. The zero-order chi connectivity index (χ0) is 25.6. The van der Waals surface area contributed by atoms with Crippen LogP contribution in [0, 0.1) is 17.1 Å². The second-order valence-electron chi connectivity index (χ2n) is 8.09. The molecule has 0 aliphatic carbocycles. The maximum atomic E-state index is 14.3. The van der Waals surface area contributed by atoms with Gasteiger partial charge in [0.1, 0.15) is 17.5 Å². The molecule has 5 rings (SSSR count). The van der Waals surface area contributed by atoms with Gasteiger partial charge >= 0.3 is 0 Å². The molecule has 0 aliphatic heterocycles. The average molecular weight is 526 g/mol. The van der Waals surface area contributed by atoms with Crippen molar-refractivity contribution in [2.75, 3.05) is 5.32 Å². The maximum Gasteiger partial charge on any atom is 0.268 e. The molecule has 2 heterocycles. The third-order valence-electron chi connectivity index (χ3n) is 5.61. The average Bonchev–Trinajstić information content (AvgIpc) is 3.52. The third kappa shape index (κ3) is 5.77. The molecule has 0 fully saturated rings. The number of carbonyl (C=O) groups excluding carboxylic acids is 1. The molecule has 0 unspecified atom stereocenters. The van der Waals surface area contributed by atoms with E-state index in [0.29, 0.717) is 22.8 Å². The van der Waals surface area contributed by atoms with Crippen LogP contribution in [0.3, 0.4) is 0 Å². The lowest BCUT2D eigenvalue weighted by atomic mass is 10.1. The van der Waals surface area contributed by atoms with E-state index >= 15 is 0 Å². The Morgan fingerprint density at radius 1 is 1.05 bits per heavy atom. The van der Waals surface area contributed by atoms with Gasteiger partial charge in [-0.1, -0.05) is 89.8 Å². The molecule has 0 bridgehead atoms. The standard InChI is InChI=1S/C28H20FN5OS2/c29-24-12-6-4-10-20(24)16-34-17-22(23-11-5-7-13-25(23)34)14-21(15-30)26(35)31-27-32-33-28(37-27)36-18-19-8-2-1-3-9-19/h1-14,17H,16,18H2,(H,31,32,35)/b21-14+. The molecule has 9 heteroatoms. The van der Waals surface area contributed by atoms with Crippen LogP contribution in [0.1, 0.15) is 16.7 Å². The van der Waals surface area contributed by atoms with Crippen molar-refractivity contribution in [2.45, 2.75) is 16.6 Å². The number of rotatable bonds is 8. The summed E-state index contributed by atoms with van der Waals surface area (Å²) in [5.74, 6) is -0.110. The van der Waals surface area contributed by atoms with Gasteiger partial charge in [-0.2, -0.15) is 5.26 Å². The van der Waals surface area contributed by atoms with Gasteiger partial charge in [0.25, 0.3) is 5.91 Å². The molecule has 2 aromatic heterocycles. The minimum Gasteiger partial charge on any atom is -0.342 e. The predicted molar refractivity (Wildman–Crippen MR) is 146 cm³/mol. The van der Waals surface area contributed by atoms with E-state index in [0.717, 1.165) is 26.6 Å². The van der Waals surface area contributed by atoms with Crippen molar-refractivity contribution in [3.05, 3.63) is 113 Å². The van der Waals surface area contributed by atoms with E-state index in [2.05, 4.69) is 15.5 Å². The van der Waals surface area contributed by atoms with Crippen molar-refractivity contribution in [3.63, 3.8) is 0 Å². The Kier molecular flexibility index (Phi) is 7.40. The Morgan fingerprint density at radius 3 is 2.62 bits per heavy atom. The van der Waals surface area contributed by atoms with Crippen molar-refractivity contribution < 1.29 is 9.18 Å². The van der Waals surface area contributed by atoms with Crippen molar-refractivity contribution in [3.8, 4) is 6.07 Å². The van der Waals surface area contributed by atoms with Crippen LogP contribution in [0.2, 0.25) is 0 Å². The molecule has 0 spiro atoms. The molecule has 1 N–H and O–H groups in total. The molecule has 0 atom stereocenters. The maximum absolute atomic E-state index is 14.3. The number of aromatic nitrogens is 3. The van der Waals surface area contributed by atoms with Crippen molar-refractivity contribution in [2.24, 2.45) is 0 Å². The molecule has 37 heavy (non-hydrogen) atoms. The fourth-order valence-corrected chi connectivity index (χ4v) is 5.54. The summed E-state index contributed by atoms with van der Waals surface area (Å²) in [6.45, 7) is 0.323. The number of fused-ring (bicyclic) bond motifs is 1. The summed E-state index contributed by atoms with van der Waals surface area (Å²) in [5, 5.41) is 21.8. The quantitative estimate of drug-likeness (QED) is 0.108. The molecule has 6 nitrogen and oxygen atoms in total. The van der Waals surface area contributed by atoms with E-state index < -0.39 is 5.91 Å². The number of amides is 1. The molecule has 0 saturated carbocycles. The predicted octanol–water partition coefficient (Wildman–Crippen LogP) is 6.52. The van der Waals surface area contributed by atoms with Crippen LogP contribution >= 0.6 is 23.1 Å². The summed E-state index contributed by atoms with van der Waals surface area (Å²) in [5.41, 5.74) is 3.21. The molecule has 182 valence electrons. The minimum atomic E-state index is -0.566. The Labute approximate surface area is 221 Å². The van der Waals surface area contributed by atoms with E-state index in [4.69, 9.17) is 0 Å². The molecular weight excluding hydrogens is 505 g/mol. The second kappa shape index (κ2) is 11.2. The van der Waals surface area contributed by atoms with Crippen LogP contribution in [0.5, 0.6) is 0 Å². The van der Waals surface area contributed by atoms with Gasteiger partial charge < -0.3 is 4.57 Å². The summed E-state index contributed by atoms with van der Waals surface area (Å²) < 4.78 is 16.9. The molecule has 0 saturated heterocycles. The fourth-order valence-electron chi connectivity index (χ4n) is 3.84. The van der Waals surface area contributed by atoms with Gasteiger partial charge in [-0.15, -0.1) is 10.2 Å². The number of para-hydroxylation sites is 1. The van der Waals surface area contributed by atoms with Crippen LogP contribution in [-0.2, 0) is 17.1 Å². The summed E-state index contributed by atoms with van der Waals surface area (Å²) >= 11 is 2.78. The van der Waals surface area contributed by atoms with Gasteiger partial charge in [-0.05, 0) is 23.8 Å². The third-order valence-corrected chi connectivity index (χ3v) is 7.66. The summed E-state index contributed by atoms with van der Waals surface area (Å²) in [4.78, 5) is 12.9. The number of nitrogens with one attached hydrogen (secondary N) is 1. The van der Waals surface area contributed by atoms with Crippen LogP contribution in [-0.4, -0.2) is 20.7 Å². The highest BCUT2D eigenvalue weighted by Crippen LogP contribution is 2.29. The van der Waals surface area contributed by atoms with Gasteiger partial charge in [0.05, 0.1) is 6.54 Å². The number of nitriles is 1. The summed E-state index contributed by atoms with van der Waals surface area (Å²) in [6, 6.07) is 26.2. The number of hydrogen-bond acceptors (Lipinski definition) is 6. The van der Waals surface area contributed by atoms with Gasteiger partial charge in [0.15, 0.2) is 4.34 Å². The highest BCUT2D eigenvalue weighted by Gasteiger charge is 2.16. The minimum absolute atomic E-state index is 0.0671. The van der Waals surface area contributed by atoms with Crippen LogP contribution in [0.4, 0.5) is 9.52 Å². The molecule has 1 amide bonds. The molecular formula is C28H20FN5OS2. The lowest BCUT2D eigenvalue weighted by Gasteiger charge is -2.06. The first-order chi connectivity index (χ1) is 18.1. The lowest BCUT2D eigenvalue weighted by molar-refractivity contribution is -0.112. The van der Waals surface area contributed by atoms with Gasteiger partial charge in [0, 0.05) is 34.0 Å². The highest BCUT2D eigenvalue weighted by atomic mass is 32.2. The Morgan fingerprint density at radius 2 is 1.81 bits per heavy atom. The van der Waals surface area contributed by atoms with E-state index in [-0.39, 0.29) is 11.4 Å². The molecule has 3 aromatic carbocycles. The number of thioether (sulfide) groups is 1. The smallest absolute Gasteiger partial charge is 0.268 e. The van der Waals surface area contributed by atoms with Crippen LogP contribution in [0.25, 0.3) is 17.0 Å². The topological polar surface area (TPSA) is 83.6 Å². The largest absolute Gasteiger partial charge is 0.342 e. The molecule has 5 aromatic rings. The Balaban J connectivity index is 1.34. The van der Waals surface area contributed by atoms with E-state index in [1.807, 2.05) is 71.4 Å². The van der Waals surface area contributed by atoms with Gasteiger partial charge in [0.2, 0.25) is 5.13 Å². The number of carbonyl (C=O) groups is 1. The van der Waals surface area contributed by atoms with Crippen LogP contribution < -0.4 is 5.32 Å². The number of hydrogen-bond donors (Lipinski definition) is 1. The van der Waals surface area contributed by atoms with Crippen molar-refractivity contribution in [1.82, 2.24) is 14.8 Å². The first-order valence-electron chi connectivity index (χ1n) is 11.4. The zero-order valence-corrected chi connectivity index (χ0v) is 21.1. The number of nitrogens with zero attached hydrogens (tertiary/aromatic N) is 4. The van der Waals surface area contributed by atoms with E-state index in [1.54, 1.807) is 24.3 Å². The van der Waals surface area contributed by atoms with Crippen LogP contribution in [0.15, 0.2) is 95.0 Å². The second-order valence-corrected chi connectivity index (χ2v) is 10.3. The molecule has 0 radical (unpaired) electrons. The van der Waals surface area contributed by atoms with E-state index in [1.165, 1.54) is 29.2 Å². The summed E-state index contributed by atoms with van der Waals surface area (Å²) in [6.07, 6.45) is 3.37. The van der Waals surface area contributed by atoms with E-state index in [9.17, 15) is 14.4 Å². The van der Waals surface area contributed by atoms with Crippen molar-refractivity contribution >= 4 is 51.1 Å². The first-order valence-corrected chi connectivity index (χ1v) is 13.2. The number of halogens is 1. The lowest BCUT2D eigenvalue weighted by Crippen LogP contribution is -2.13. The number of benzene rings is 3. The normalized spacial score (nSPS) is 11.4. The van der Waals surface area contributed by atoms with Crippen molar-refractivity contribution in [1.29, 1.82) is 5.26 Å². The SMILES string of the molecule is N#C/C(=C\c1cn(Cc2ccccc2F)c2ccccc12)C(=O)Nc1nnc(SCc2ccccc2)s1. The highest BCUT2D eigenvalue weighted by molar-refractivity contribution is 8.00. The fraction of sp³-hybridized carbons (Fsp3) is 0.0714. The summed E-state index contributed by atoms with van der Waals surface area (Å²) in [7, 11) is 0. The Hall–Kier alpha value is -4.26. The number of anilines is 1. The zero-order valence-electron chi connectivity index (χ0n) is 19.5.